The largest absolute Gasteiger partial charge is 0.349 e. The van der Waals surface area contributed by atoms with Crippen LogP contribution >= 0.6 is 11.3 Å². The molecule has 0 spiro atoms. The third kappa shape index (κ3) is 5.77. The number of rotatable bonds is 6. The van der Waals surface area contributed by atoms with Crippen molar-refractivity contribution in [1.29, 1.82) is 0 Å². The fourth-order valence-corrected chi connectivity index (χ4v) is 4.68. The molecule has 7 nitrogen and oxygen atoms in total. The summed E-state index contributed by atoms with van der Waals surface area (Å²) in [6.07, 6.45) is 4.62. The van der Waals surface area contributed by atoms with E-state index in [1.54, 1.807) is 28.0 Å². The molecule has 0 saturated carbocycles. The van der Waals surface area contributed by atoms with E-state index in [2.05, 4.69) is 10.3 Å². The smallest absolute Gasteiger partial charge is 0.251 e. The van der Waals surface area contributed by atoms with Crippen LogP contribution in [0.25, 0.3) is 6.08 Å². The Hall–Kier alpha value is -3.78. The second-order valence-electron chi connectivity index (χ2n) is 8.02. The number of thiazole rings is 1. The molecule has 4 rings (SSSR count). The molecule has 0 unspecified atom stereocenters. The summed E-state index contributed by atoms with van der Waals surface area (Å²) in [6.45, 7) is 2.66. The molecule has 1 saturated heterocycles. The Morgan fingerprint density at radius 3 is 2.32 bits per heavy atom. The number of benzene rings is 2. The molecule has 3 aromatic rings. The minimum absolute atomic E-state index is 0.0531. The number of anilines is 2. The average Bonchev–Trinajstić information content (AvgIpc) is 3.32. The Balaban J connectivity index is 1.31. The van der Waals surface area contributed by atoms with Gasteiger partial charge in [-0.15, -0.1) is 11.3 Å². The van der Waals surface area contributed by atoms with E-state index in [1.165, 1.54) is 24.3 Å². The van der Waals surface area contributed by atoms with Gasteiger partial charge in [-0.25, -0.2) is 4.98 Å². The Labute approximate surface area is 202 Å². The monoisotopic (exact) mass is 474 g/mol. The van der Waals surface area contributed by atoms with Crippen molar-refractivity contribution < 1.29 is 14.4 Å². The minimum Gasteiger partial charge on any atom is -0.349 e. The number of para-hydroxylation sites is 1. The molecule has 2 heterocycles. The van der Waals surface area contributed by atoms with Crippen LogP contribution in [0.15, 0.2) is 72.1 Å². The number of nitrogens with zero attached hydrogens (tertiary/aromatic N) is 3. The molecule has 1 aromatic heterocycles. The lowest BCUT2D eigenvalue weighted by atomic mass is 10.0. The van der Waals surface area contributed by atoms with Gasteiger partial charge in [-0.1, -0.05) is 36.4 Å². The van der Waals surface area contributed by atoms with E-state index >= 15 is 0 Å². The third-order valence-electron chi connectivity index (χ3n) is 5.60. The van der Waals surface area contributed by atoms with Gasteiger partial charge in [0.05, 0.1) is 11.4 Å². The minimum atomic E-state index is -0.130. The molecule has 0 bridgehead atoms. The number of likely N-dealkylation sites (tertiary alicyclic amines) is 1. The SMILES string of the molecule is CC(=O)N(c1ccccc1)c1nc(/C=C/C(=O)N2CCC(NC(=O)c3ccccc3)CC2)cs1. The van der Waals surface area contributed by atoms with E-state index < -0.39 is 0 Å². The summed E-state index contributed by atoms with van der Waals surface area (Å²) in [6, 6.07) is 18.5. The fraction of sp³-hybridized carbons (Fsp3) is 0.231. The summed E-state index contributed by atoms with van der Waals surface area (Å²) in [4.78, 5) is 45.0. The van der Waals surface area contributed by atoms with Gasteiger partial charge in [0.15, 0.2) is 5.13 Å². The number of carbonyl (C=O) groups excluding carboxylic acids is 3. The van der Waals surface area contributed by atoms with Gasteiger partial charge in [-0.2, -0.15) is 0 Å². The molecule has 0 atom stereocenters. The van der Waals surface area contributed by atoms with Crippen LogP contribution in [0.3, 0.4) is 0 Å². The maximum absolute atomic E-state index is 12.7. The number of carbonyl (C=O) groups is 3. The molecule has 2 aromatic carbocycles. The lowest BCUT2D eigenvalue weighted by Crippen LogP contribution is -2.46. The summed E-state index contributed by atoms with van der Waals surface area (Å²) in [5.74, 6) is -0.303. The summed E-state index contributed by atoms with van der Waals surface area (Å²) in [7, 11) is 0. The van der Waals surface area contributed by atoms with Crippen LogP contribution in [0.5, 0.6) is 0 Å². The van der Waals surface area contributed by atoms with Crippen molar-refractivity contribution in [2.45, 2.75) is 25.8 Å². The van der Waals surface area contributed by atoms with Crippen LogP contribution in [0.1, 0.15) is 35.8 Å². The van der Waals surface area contributed by atoms with E-state index in [-0.39, 0.29) is 23.8 Å². The van der Waals surface area contributed by atoms with E-state index in [0.717, 1.165) is 5.69 Å². The summed E-state index contributed by atoms with van der Waals surface area (Å²) >= 11 is 1.35. The van der Waals surface area contributed by atoms with Crippen molar-refractivity contribution in [3.8, 4) is 0 Å². The number of hydrogen-bond donors (Lipinski definition) is 1. The van der Waals surface area contributed by atoms with Gasteiger partial charge < -0.3 is 10.2 Å². The van der Waals surface area contributed by atoms with Gasteiger partial charge in [0.2, 0.25) is 11.8 Å². The second-order valence-corrected chi connectivity index (χ2v) is 8.85. The molecule has 0 aliphatic carbocycles. The number of piperidine rings is 1. The summed E-state index contributed by atoms with van der Waals surface area (Å²) in [5.41, 5.74) is 2.01. The van der Waals surface area contributed by atoms with Crippen molar-refractivity contribution in [2.75, 3.05) is 18.0 Å². The highest BCUT2D eigenvalue weighted by Gasteiger charge is 2.23. The van der Waals surface area contributed by atoms with Gasteiger partial charge in [0, 0.05) is 43.1 Å². The quantitative estimate of drug-likeness (QED) is 0.541. The highest BCUT2D eigenvalue weighted by atomic mass is 32.1. The van der Waals surface area contributed by atoms with Crippen LogP contribution < -0.4 is 10.2 Å². The first-order valence-corrected chi connectivity index (χ1v) is 12.0. The molecule has 8 heteroatoms. The zero-order valence-corrected chi connectivity index (χ0v) is 19.7. The maximum atomic E-state index is 12.7. The van der Waals surface area contributed by atoms with Crippen molar-refractivity contribution in [1.82, 2.24) is 15.2 Å². The molecule has 34 heavy (non-hydrogen) atoms. The lowest BCUT2D eigenvalue weighted by Gasteiger charge is -2.31. The van der Waals surface area contributed by atoms with E-state index in [9.17, 15) is 14.4 Å². The molecule has 1 aliphatic heterocycles. The third-order valence-corrected chi connectivity index (χ3v) is 6.45. The number of nitrogens with one attached hydrogen (secondary N) is 1. The van der Waals surface area contributed by atoms with Crippen LogP contribution in [-0.2, 0) is 9.59 Å². The fourth-order valence-electron chi connectivity index (χ4n) is 3.82. The second kappa shape index (κ2) is 10.9. The molecule has 1 aliphatic rings. The average molecular weight is 475 g/mol. The standard InChI is InChI=1S/C26H26N4O3S/c1-19(31)30(23-10-6-3-7-11-23)26-28-22(18-34-26)12-13-24(32)29-16-14-21(15-17-29)27-25(33)20-8-4-2-5-9-20/h2-13,18,21H,14-17H2,1H3,(H,27,33)/b13-12+. The first-order valence-electron chi connectivity index (χ1n) is 11.2. The van der Waals surface area contributed by atoms with Gasteiger partial charge >= 0.3 is 0 Å². The molecule has 1 N–H and O–H groups in total. The van der Waals surface area contributed by atoms with Crippen LogP contribution in [0.4, 0.5) is 10.8 Å². The topological polar surface area (TPSA) is 82.6 Å². The van der Waals surface area contributed by atoms with Crippen molar-refractivity contribution in [3.63, 3.8) is 0 Å². The zero-order chi connectivity index (χ0) is 23.9. The van der Waals surface area contributed by atoms with Crippen molar-refractivity contribution in [2.24, 2.45) is 0 Å². The molecule has 174 valence electrons. The summed E-state index contributed by atoms with van der Waals surface area (Å²) < 4.78 is 0. The molecule has 0 radical (unpaired) electrons. The number of hydrogen-bond acceptors (Lipinski definition) is 5. The Morgan fingerprint density at radius 1 is 1.03 bits per heavy atom. The van der Waals surface area contributed by atoms with Gasteiger partial charge in [0.1, 0.15) is 0 Å². The van der Waals surface area contributed by atoms with Crippen LogP contribution in [0, 0.1) is 0 Å². The maximum Gasteiger partial charge on any atom is 0.251 e. The Kier molecular flexibility index (Phi) is 7.49. The number of aromatic nitrogens is 1. The molecule has 1 fully saturated rings. The van der Waals surface area contributed by atoms with Gasteiger partial charge in [-0.05, 0) is 43.2 Å². The van der Waals surface area contributed by atoms with Crippen molar-refractivity contribution >= 4 is 46.0 Å². The predicted octanol–water partition coefficient (Wildman–Crippen LogP) is 4.26. The van der Waals surface area contributed by atoms with Crippen LogP contribution in [-0.4, -0.2) is 46.7 Å². The molecule has 3 amide bonds. The van der Waals surface area contributed by atoms with E-state index in [4.69, 9.17) is 0 Å². The van der Waals surface area contributed by atoms with Crippen molar-refractivity contribution in [3.05, 3.63) is 83.4 Å². The summed E-state index contributed by atoms with van der Waals surface area (Å²) in [5, 5.41) is 5.43. The predicted molar refractivity (Wildman–Crippen MR) is 134 cm³/mol. The van der Waals surface area contributed by atoms with E-state index in [1.807, 2.05) is 53.9 Å². The van der Waals surface area contributed by atoms with Gasteiger partial charge in [0.25, 0.3) is 5.91 Å². The first kappa shape index (κ1) is 23.4. The van der Waals surface area contributed by atoms with Gasteiger partial charge in [-0.3, -0.25) is 19.3 Å². The van der Waals surface area contributed by atoms with E-state index in [0.29, 0.717) is 42.3 Å². The normalized spacial score (nSPS) is 14.2. The number of amides is 3. The van der Waals surface area contributed by atoms with Crippen LogP contribution in [0.2, 0.25) is 0 Å². The first-order chi connectivity index (χ1) is 16.5. The lowest BCUT2D eigenvalue weighted by molar-refractivity contribution is -0.127. The highest BCUT2D eigenvalue weighted by molar-refractivity contribution is 7.14. The molecular weight excluding hydrogens is 448 g/mol. The zero-order valence-electron chi connectivity index (χ0n) is 18.9. The Morgan fingerprint density at radius 2 is 1.68 bits per heavy atom. The highest BCUT2D eigenvalue weighted by Crippen LogP contribution is 2.29. The molecular formula is C26H26N4O3S. The Bertz CT molecular complexity index is 1170.